The number of hydrogen-bond donors (Lipinski definition) is 0. The van der Waals surface area contributed by atoms with E-state index in [2.05, 4.69) is 109 Å². The van der Waals surface area contributed by atoms with Crippen LogP contribution in [0.1, 0.15) is 43.2 Å². The van der Waals surface area contributed by atoms with Gasteiger partial charge in [0, 0.05) is 42.3 Å². The number of aromatic nitrogens is 3. The Kier molecular flexibility index (Phi) is 5.44. The fraction of sp³-hybridized carbons (Fsp3) is 0.233. The molecule has 5 aliphatic carbocycles. The van der Waals surface area contributed by atoms with Crippen molar-refractivity contribution in [3.8, 4) is 45.3 Å². The van der Waals surface area contributed by atoms with E-state index in [9.17, 15) is 0 Å². The van der Waals surface area contributed by atoms with Gasteiger partial charge in [0.05, 0.1) is 0 Å². The minimum atomic E-state index is 0.111. The second-order valence-corrected chi connectivity index (χ2v) is 15.5. The first-order valence-corrected chi connectivity index (χ1v) is 18.0. The summed E-state index contributed by atoms with van der Waals surface area (Å²) in [6.45, 7) is 0. The zero-order valence-corrected chi connectivity index (χ0v) is 26.9. The fourth-order valence-corrected chi connectivity index (χ4v) is 11.7. The van der Waals surface area contributed by atoms with E-state index in [-0.39, 0.29) is 5.41 Å². The van der Waals surface area contributed by atoms with Crippen molar-refractivity contribution in [2.45, 2.75) is 37.5 Å². The molecule has 0 radical (unpaired) electrons. The molecule has 5 aliphatic rings. The van der Waals surface area contributed by atoms with Crippen molar-refractivity contribution in [2.75, 3.05) is 0 Å². The third kappa shape index (κ3) is 3.71. The SMILES string of the molecule is c1ccc(-c2nc(-c3ccc4c(c3)C3(c5ccccc5-4)C4CC5CC(C4)CC3C5)nc(-c3ccc4c(c3)sc3ccccc34)n2)cc1. The molecule has 226 valence electrons. The summed E-state index contributed by atoms with van der Waals surface area (Å²) in [5.74, 6) is 5.47. The van der Waals surface area contributed by atoms with E-state index in [4.69, 9.17) is 15.0 Å². The van der Waals surface area contributed by atoms with Crippen molar-refractivity contribution < 1.29 is 0 Å². The Bertz CT molecular complexity index is 2360. The van der Waals surface area contributed by atoms with Gasteiger partial charge in [-0.25, -0.2) is 15.0 Å². The molecule has 4 heteroatoms. The zero-order valence-electron chi connectivity index (χ0n) is 26.1. The molecule has 0 saturated heterocycles. The first-order chi connectivity index (χ1) is 23.2. The van der Waals surface area contributed by atoms with Crippen LogP contribution in [0.15, 0.2) is 115 Å². The lowest BCUT2D eigenvalue weighted by molar-refractivity contribution is -0.0399. The molecule has 4 saturated carbocycles. The first kappa shape index (κ1) is 26.4. The molecule has 0 N–H and O–H groups in total. The molecule has 5 aromatic carbocycles. The normalized spacial score (nSPS) is 25.1. The monoisotopic (exact) mass is 623 g/mol. The summed E-state index contributed by atoms with van der Waals surface area (Å²) in [6.07, 6.45) is 6.96. The number of nitrogens with zero attached hydrogens (tertiary/aromatic N) is 3. The molecule has 7 aromatic rings. The van der Waals surface area contributed by atoms with Crippen molar-refractivity contribution in [3.05, 3.63) is 126 Å². The Balaban J connectivity index is 1.10. The minimum absolute atomic E-state index is 0.111. The van der Waals surface area contributed by atoms with Crippen LogP contribution in [0.4, 0.5) is 0 Å². The van der Waals surface area contributed by atoms with Gasteiger partial charge in [-0.2, -0.15) is 0 Å². The Labute approximate surface area is 278 Å². The van der Waals surface area contributed by atoms with Crippen LogP contribution in [-0.4, -0.2) is 15.0 Å². The summed E-state index contributed by atoms with van der Waals surface area (Å²) >= 11 is 1.83. The van der Waals surface area contributed by atoms with Crippen LogP contribution in [0.2, 0.25) is 0 Å². The minimum Gasteiger partial charge on any atom is -0.208 e. The highest BCUT2D eigenvalue weighted by Gasteiger charge is 2.61. The second-order valence-electron chi connectivity index (χ2n) is 14.5. The zero-order chi connectivity index (χ0) is 30.7. The molecule has 12 rings (SSSR count). The smallest absolute Gasteiger partial charge is 0.164 e. The molecular weight excluding hydrogens is 591 g/mol. The molecule has 4 bridgehead atoms. The van der Waals surface area contributed by atoms with Crippen LogP contribution in [0.3, 0.4) is 0 Å². The van der Waals surface area contributed by atoms with E-state index in [0.29, 0.717) is 0 Å². The van der Waals surface area contributed by atoms with Gasteiger partial charge in [0.15, 0.2) is 17.5 Å². The van der Waals surface area contributed by atoms with E-state index in [0.717, 1.165) is 57.8 Å². The summed E-state index contributed by atoms with van der Waals surface area (Å²) in [7, 11) is 0. The predicted molar refractivity (Wildman–Crippen MR) is 192 cm³/mol. The second kappa shape index (κ2) is 9.68. The maximum atomic E-state index is 5.24. The number of benzene rings is 5. The van der Waals surface area contributed by atoms with Gasteiger partial charge < -0.3 is 0 Å². The van der Waals surface area contributed by atoms with Gasteiger partial charge in [-0.15, -0.1) is 11.3 Å². The summed E-state index contributed by atoms with van der Waals surface area (Å²) in [6, 6.07) is 42.1. The molecule has 0 atom stereocenters. The highest BCUT2D eigenvalue weighted by Crippen LogP contribution is 2.69. The number of rotatable bonds is 3. The molecule has 3 nitrogen and oxygen atoms in total. The van der Waals surface area contributed by atoms with Crippen LogP contribution in [0.25, 0.3) is 65.5 Å². The van der Waals surface area contributed by atoms with Gasteiger partial charge in [0.2, 0.25) is 0 Å². The number of hydrogen-bond acceptors (Lipinski definition) is 4. The molecule has 0 amide bonds. The van der Waals surface area contributed by atoms with Crippen LogP contribution >= 0.6 is 11.3 Å². The number of thiophene rings is 1. The average Bonchev–Trinajstić information content (AvgIpc) is 3.63. The van der Waals surface area contributed by atoms with Crippen LogP contribution in [0.5, 0.6) is 0 Å². The van der Waals surface area contributed by atoms with Gasteiger partial charge in [-0.05, 0) is 96.2 Å². The van der Waals surface area contributed by atoms with Gasteiger partial charge in [0.1, 0.15) is 0 Å². The topological polar surface area (TPSA) is 38.7 Å². The number of fused-ring (bicyclic) bond motifs is 6. The maximum Gasteiger partial charge on any atom is 0.164 e. The molecule has 1 spiro atoms. The van der Waals surface area contributed by atoms with Gasteiger partial charge in [-0.1, -0.05) is 97.1 Å². The molecule has 0 unspecified atom stereocenters. The standard InChI is InChI=1S/C43H33N3S/c1-2-8-27(9-3-1)40-44-41(46-42(45-40)29-15-17-35-34-11-5-7-13-38(34)47-39(35)24-29)28-14-16-33-32-10-4-6-12-36(32)43(37(33)23-28)30-19-25-18-26(21-30)22-31(43)20-25/h1-17,23-26,30-31H,18-22H2. The summed E-state index contributed by atoms with van der Waals surface area (Å²) in [5, 5.41) is 2.59. The third-order valence-corrected chi connectivity index (χ3v) is 13.3. The summed E-state index contributed by atoms with van der Waals surface area (Å²) < 4.78 is 2.56. The van der Waals surface area contributed by atoms with Crippen molar-refractivity contribution in [2.24, 2.45) is 23.7 Å². The van der Waals surface area contributed by atoms with E-state index < -0.39 is 0 Å². The molecule has 0 aliphatic heterocycles. The first-order valence-electron chi connectivity index (χ1n) is 17.2. The summed E-state index contributed by atoms with van der Waals surface area (Å²) in [4.78, 5) is 15.5. The molecule has 2 aromatic heterocycles. The van der Waals surface area contributed by atoms with Crippen molar-refractivity contribution in [1.29, 1.82) is 0 Å². The van der Waals surface area contributed by atoms with Gasteiger partial charge in [-0.3, -0.25) is 0 Å². The van der Waals surface area contributed by atoms with E-state index in [1.54, 1.807) is 5.56 Å². The molecule has 47 heavy (non-hydrogen) atoms. The predicted octanol–water partition coefficient (Wildman–Crippen LogP) is 11.0. The van der Waals surface area contributed by atoms with E-state index in [1.165, 1.54) is 69.0 Å². The Morgan fingerprint density at radius 3 is 1.85 bits per heavy atom. The lowest BCUT2D eigenvalue weighted by Gasteiger charge is -2.61. The molecular formula is C43H33N3S. The molecule has 2 heterocycles. The fourth-order valence-electron chi connectivity index (χ4n) is 10.5. The van der Waals surface area contributed by atoms with E-state index in [1.807, 2.05) is 17.4 Å². The van der Waals surface area contributed by atoms with Crippen LogP contribution < -0.4 is 0 Å². The highest BCUT2D eigenvalue weighted by atomic mass is 32.1. The molecule has 4 fully saturated rings. The Morgan fingerprint density at radius 2 is 1.06 bits per heavy atom. The Morgan fingerprint density at radius 1 is 0.468 bits per heavy atom. The van der Waals surface area contributed by atoms with Gasteiger partial charge in [0.25, 0.3) is 0 Å². The van der Waals surface area contributed by atoms with E-state index >= 15 is 0 Å². The lowest BCUT2D eigenvalue weighted by atomic mass is 9.43. The third-order valence-electron chi connectivity index (χ3n) is 12.1. The van der Waals surface area contributed by atoms with Crippen molar-refractivity contribution >= 4 is 31.5 Å². The summed E-state index contributed by atoms with van der Waals surface area (Å²) in [5.41, 5.74) is 9.21. The van der Waals surface area contributed by atoms with Gasteiger partial charge >= 0.3 is 0 Å². The average molecular weight is 624 g/mol. The van der Waals surface area contributed by atoms with Crippen molar-refractivity contribution in [1.82, 2.24) is 15.0 Å². The van der Waals surface area contributed by atoms with Crippen LogP contribution in [0, 0.1) is 23.7 Å². The van der Waals surface area contributed by atoms with Crippen molar-refractivity contribution in [3.63, 3.8) is 0 Å². The Hall–Kier alpha value is -4.67. The lowest BCUT2D eigenvalue weighted by Crippen LogP contribution is -2.55. The highest BCUT2D eigenvalue weighted by molar-refractivity contribution is 7.25. The van der Waals surface area contributed by atoms with Crippen LogP contribution in [-0.2, 0) is 5.41 Å². The largest absolute Gasteiger partial charge is 0.208 e. The maximum absolute atomic E-state index is 5.24. The quantitative estimate of drug-likeness (QED) is 0.197.